The van der Waals surface area contributed by atoms with E-state index in [9.17, 15) is 45.6 Å². The van der Waals surface area contributed by atoms with Crippen molar-refractivity contribution in [2.75, 3.05) is 32.7 Å². The molecule has 7 heterocycles. The number of hydrogen-bond acceptors (Lipinski definition) is 12. The highest BCUT2D eigenvalue weighted by Crippen LogP contribution is 2.72. The van der Waals surface area contributed by atoms with Crippen molar-refractivity contribution in [1.29, 1.82) is 0 Å². The zero-order valence-corrected chi connectivity index (χ0v) is 82.1. The van der Waals surface area contributed by atoms with E-state index in [-0.39, 0.29) is 60.1 Å². The van der Waals surface area contributed by atoms with E-state index in [1.54, 1.807) is 38.0 Å². The summed E-state index contributed by atoms with van der Waals surface area (Å²) in [7, 11) is -5.65. The zero-order valence-electron chi connectivity index (χ0n) is 76.9. The van der Waals surface area contributed by atoms with E-state index in [0.717, 1.165) is 155 Å². The maximum absolute atomic E-state index is 12.8. The van der Waals surface area contributed by atoms with Gasteiger partial charge in [-0.1, -0.05) is 93.5 Å². The molecular formula is C102H146BF3I2N7O8S. The highest BCUT2D eigenvalue weighted by atomic mass is 128. The minimum Gasteiger partial charge on any atom is -0.380 e. The molecule has 22 heteroatoms. The van der Waals surface area contributed by atoms with Crippen molar-refractivity contribution in [2.24, 2.45) is 143 Å². The van der Waals surface area contributed by atoms with Crippen LogP contribution in [0, 0.1) is 143 Å². The molecule has 681 valence electrons. The molecule has 5 unspecified atom stereocenters. The quantitative estimate of drug-likeness (QED) is 0.128. The Balaban J connectivity index is 0.000000114. The number of ketones is 2. The van der Waals surface area contributed by atoms with Crippen LogP contribution in [0.4, 0.5) is 13.2 Å². The fourth-order valence-electron chi connectivity index (χ4n) is 35.4. The third kappa shape index (κ3) is 14.9. The summed E-state index contributed by atoms with van der Waals surface area (Å²) in [5, 5.41) is 7.56. The molecule has 2 aromatic rings. The number of alkyl halides is 3. The molecule has 22 rings (SSSR count). The van der Waals surface area contributed by atoms with Gasteiger partial charge in [-0.25, -0.2) is 0 Å². The number of nitrogens with zero attached hydrogens (tertiary/aromatic N) is 5. The number of pyridine rings is 2. The molecule has 0 aromatic carbocycles. The Bertz CT molecular complexity index is 4580. The number of amides is 3. The van der Waals surface area contributed by atoms with Gasteiger partial charge in [-0.3, -0.25) is 33.9 Å². The van der Waals surface area contributed by atoms with Crippen LogP contribution in [0.25, 0.3) is 11.1 Å². The lowest BCUT2D eigenvalue weighted by Gasteiger charge is -2.57. The van der Waals surface area contributed by atoms with Gasteiger partial charge in [-0.15, -0.1) is 0 Å². The fraction of sp³-hybridized carbons (Fsp3) is 0.794. The Morgan fingerprint density at radius 2 is 0.742 bits per heavy atom. The lowest BCUT2D eigenvalue weighted by atomic mass is 9.48. The maximum atomic E-state index is 12.8. The van der Waals surface area contributed by atoms with Gasteiger partial charge in [-0.2, -0.15) is 21.6 Å². The number of likely N-dealkylation sites (tertiary alicyclic amines) is 3. The summed E-state index contributed by atoms with van der Waals surface area (Å²) in [6, 6.07) is 11.4. The van der Waals surface area contributed by atoms with Crippen molar-refractivity contribution in [1.82, 2.24) is 35.3 Å². The van der Waals surface area contributed by atoms with Crippen molar-refractivity contribution in [2.45, 2.75) is 331 Å². The summed E-state index contributed by atoms with van der Waals surface area (Å²) >= 11 is 4.24. The van der Waals surface area contributed by atoms with Crippen LogP contribution in [-0.4, -0.2) is 139 Å². The summed E-state index contributed by atoms with van der Waals surface area (Å²) < 4.78 is 66.3. The van der Waals surface area contributed by atoms with E-state index in [1.165, 1.54) is 153 Å². The largest absolute Gasteiger partial charge is 0.534 e. The summed E-state index contributed by atoms with van der Waals surface area (Å²) in [6.07, 6.45) is 51.4. The van der Waals surface area contributed by atoms with Crippen LogP contribution in [0.15, 0.2) is 73.0 Å². The standard InChI is InChI=1S/C24H32N2O.C22H30N2.C20H28F3NO4S.C19H29NO2.C17H27NO.B.I2/c1-16(27)26-14-12-24(3)21-10-11-23(2)19(17-5-4-13-25-15-17)7-8-20(23)18(21)6-9-22(24)26;1-21-10-9-19-16(5-8-20-22(19,2)11-13-24-20)18(21)7-6-17(21)15-4-3-12-23-14-15;1-12(25)24-11-10-18(2)15-8-9-19(3)14(13(15)4-6-16(18)24)5-7-17(19)28-29(26,27)20(21,22)23;1-12(21)20-11-10-18(2)15-8-9-19(3)14(5-7-17(19)22)13(15)4-6-16(18)20;1-16-9-10-18-14(16)5-3-11-12-4-6-15(19)17(12,2)8-7-13(11)16;;1-2/h4-5,7,13,15,18,20-22H,6,8-12,14H2,1-3H3;3-4,6,12,14,16,18-20,24H,5,7-11,13H2,1-2H3;7,13-16H,4-6,8-11H2,1-3H3;13-16H,4-11H2,1-3H3;11-14,18H,3-10H2,1-2H3;;/t18-,20-,21-,22?,23+,24+;16-,18-,19-,20?,21+,22+;2*13-,14-,15-,16?,18+,19-;11-,12-,13-,14?,16+,17-;;/m00000../s1. The van der Waals surface area contributed by atoms with Crippen LogP contribution < -0.4 is 10.6 Å². The van der Waals surface area contributed by atoms with E-state index in [1.807, 2.05) is 30.4 Å². The van der Waals surface area contributed by atoms with Crippen LogP contribution >= 0.6 is 37.2 Å². The van der Waals surface area contributed by atoms with Gasteiger partial charge in [0.05, 0.1) is 0 Å². The van der Waals surface area contributed by atoms with Crippen molar-refractivity contribution in [3.63, 3.8) is 0 Å². The number of Topliss-reactive ketones (excluding diaryl/α,β-unsaturated/α-hetero) is 2. The van der Waals surface area contributed by atoms with Crippen LogP contribution in [0.3, 0.4) is 0 Å². The van der Waals surface area contributed by atoms with Gasteiger partial charge in [0.1, 0.15) is 17.3 Å². The van der Waals surface area contributed by atoms with E-state index < -0.39 is 21.0 Å². The second kappa shape index (κ2) is 34.4. The van der Waals surface area contributed by atoms with Gasteiger partial charge in [0.15, 0.2) is 0 Å². The molecule has 12 saturated carbocycles. The summed E-state index contributed by atoms with van der Waals surface area (Å²) in [5.74, 6) is 12.0. The predicted octanol–water partition coefficient (Wildman–Crippen LogP) is 21.8. The van der Waals surface area contributed by atoms with Crippen molar-refractivity contribution < 1.29 is 49.7 Å². The number of hydrogen-bond donors (Lipinski definition) is 2. The molecule has 17 fully saturated rings. The first-order chi connectivity index (χ1) is 58.3. The first-order valence-corrected chi connectivity index (χ1v) is 56.4. The van der Waals surface area contributed by atoms with Crippen molar-refractivity contribution >= 4 is 96.2 Å². The second-order valence-electron chi connectivity index (χ2n) is 45.9. The van der Waals surface area contributed by atoms with E-state index in [0.29, 0.717) is 92.7 Å². The number of fused-ring (bicyclic) bond motifs is 25. The zero-order chi connectivity index (χ0) is 87.5. The molecule has 5 saturated heterocycles. The molecule has 15 aliphatic carbocycles. The predicted molar refractivity (Wildman–Crippen MR) is 501 cm³/mol. The Labute approximate surface area is 766 Å². The number of halogens is 5. The van der Waals surface area contributed by atoms with E-state index >= 15 is 0 Å². The molecule has 30 atom stereocenters. The minimum absolute atomic E-state index is 0. The lowest BCUT2D eigenvalue weighted by Crippen LogP contribution is -2.54. The molecule has 3 amide bonds. The molecule has 3 radical (unpaired) electrons. The fourth-order valence-corrected chi connectivity index (χ4v) is 35.9. The molecular weight excluding hydrogens is 1800 g/mol. The van der Waals surface area contributed by atoms with Gasteiger partial charge in [-0.05, 0) is 373 Å². The van der Waals surface area contributed by atoms with Crippen molar-refractivity contribution in [3.8, 4) is 0 Å². The Hall–Kier alpha value is -3.75. The number of carbonyl (C=O) groups is 5. The first kappa shape index (κ1) is 93.5. The van der Waals surface area contributed by atoms with E-state index in [2.05, 4.69) is 177 Å². The number of aromatic nitrogens is 2. The summed E-state index contributed by atoms with van der Waals surface area (Å²) in [6.45, 7) is 34.0. The molecule has 0 bridgehead atoms. The van der Waals surface area contributed by atoms with E-state index in [4.69, 9.17) is 0 Å². The number of allylic oxidation sites excluding steroid dienone is 6. The van der Waals surface area contributed by atoms with Crippen LogP contribution in [-0.2, 0) is 38.3 Å². The number of carbonyl (C=O) groups excluding carboxylic acids is 5. The highest BCUT2D eigenvalue weighted by molar-refractivity contribution is 15.0. The van der Waals surface area contributed by atoms with Gasteiger partial charge < -0.3 is 29.5 Å². The topological polar surface area (TPSA) is 188 Å². The molecule has 15 nitrogen and oxygen atoms in total. The Morgan fingerprint density at radius 3 is 1.09 bits per heavy atom. The SMILES string of the molecule is CC(=O)N1CC[C@@]2(C)C1CC[C@@H]1[C@@H]2CC[C@]2(C)C(=O)CC[C@@H]12.CC(=O)N1CC[C@@]2(C)C1CC[C@@H]1[C@@H]2CC[C@]2(C)C(OS(=O)(=O)C(F)(F)F)=CC[C@@H]12.CC(=O)N1CC[C@@]2(C)C1CC[C@@H]1[C@@H]2CC[C@]2(C)C(c3cccnc3)=CC[C@@H]12.C[C@]12CCNC1CC[C@@H]1[C@@H]2CC[C@]2(C)C(=O)CC[C@@H]12.C[C@]12CCNC1CC[C@@H]1[C@@H]2CC[C@]2(C)C(c3cccnc3)=CC[C@@H]12.II.[B]. The molecule has 124 heavy (non-hydrogen) atoms. The third-order valence-corrected chi connectivity index (χ3v) is 42.8. The Morgan fingerprint density at radius 1 is 0.419 bits per heavy atom. The normalized spacial score (nSPS) is 45.9. The molecule has 2 N–H and O–H groups in total. The monoisotopic (exact) mass is 1950 g/mol. The molecule has 2 aromatic heterocycles. The van der Waals surface area contributed by atoms with Gasteiger partial charge in [0.2, 0.25) is 17.7 Å². The number of rotatable bonds is 4. The maximum Gasteiger partial charge on any atom is 0.534 e. The first-order valence-electron chi connectivity index (χ1n) is 48.7. The number of nitrogens with one attached hydrogen (secondary N) is 2. The Kier molecular flexibility index (Phi) is 25.9. The molecule has 5 aliphatic heterocycles. The van der Waals surface area contributed by atoms with Crippen molar-refractivity contribution in [3.05, 3.63) is 84.2 Å². The minimum atomic E-state index is -5.65. The summed E-state index contributed by atoms with van der Waals surface area (Å²) in [4.78, 5) is 75.9. The van der Waals surface area contributed by atoms with Gasteiger partial charge >= 0.3 is 15.6 Å². The smallest absolute Gasteiger partial charge is 0.380 e. The van der Waals surface area contributed by atoms with Gasteiger partial charge in [0, 0.05) is 170 Å². The lowest BCUT2D eigenvalue weighted by molar-refractivity contribution is -0.139. The second-order valence-corrected chi connectivity index (χ2v) is 47.5. The van der Waals surface area contributed by atoms with Crippen LogP contribution in [0.2, 0.25) is 0 Å². The van der Waals surface area contributed by atoms with Crippen LogP contribution in [0.5, 0.6) is 0 Å². The highest BCUT2D eigenvalue weighted by Gasteiger charge is 2.68. The summed E-state index contributed by atoms with van der Waals surface area (Å²) in [5.41, 5.74) is 2.12. The van der Waals surface area contributed by atoms with Gasteiger partial charge in [0.25, 0.3) is 0 Å². The average molecular weight is 1950 g/mol. The molecule has 0 spiro atoms. The van der Waals surface area contributed by atoms with Crippen LogP contribution in [0.1, 0.15) is 307 Å². The third-order valence-electron chi connectivity index (χ3n) is 41.8. The molecule has 20 aliphatic rings. The average Bonchev–Trinajstić information content (AvgIpc) is 1.57.